The molecule has 0 spiro atoms. The molecule has 142 valence electrons. The van der Waals surface area contributed by atoms with Crippen LogP contribution >= 0.6 is 0 Å². The summed E-state index contributed by atoms with van der Waals surface area (Å²) in [4.78, 5) is 36.2. The monoisotopic (exact) mass is 371 g/mol. The summed E-state index contributed by atoms with van der Waals surface area (Å²) in [6.45, 7) is 4.26. The predicted molar refractivity (Wildman–Crippen MR) is 99.4 cm³/mol. The Hall–Kier alpha value is -3.35. The molecule has 0 aliphatic rings. The van der Waals surface area contributed by atoms with Crippen LogP contribution in [-0.2, 0) is 9.47 Å². The number of benzene rings is 2. The van der Waals surface area contributed by atoms with E-state index < -0.39 is 11.9 Å². The molecule has 1 N–H and O–H groups in total. The summed E-state index contributed by atoms with van der Waals surface area (Å²) in [5.74, 6) is -0.949. The lowest BCUT2D eigenvalue weighted by molar-refractivity contribution is 0.0599. The lowest BCUT2D eigenvalue weighted by Gasteiger charge is -2.11. The standard InChI is InChI=1S/C20H21NO6/c1-5-27-17-7-6-13(8-12(17)2)18(22)21-16-10-14(19(23)25-3)9-15(11-16)20(24)26-4/h6-11H,5H2,1-4H3,(H,21,22). The van der Waals surface area contributed by atoms with Crippen molar-refractivity contribution in [1.29, 1.82) is 0 Å². The Balaban J connectivity index is 2.32. The number of methoxy groups -OCH3 is 2. The van der Waals surface area contributed by atoms with Crippen LogP contribution < -0.4 is 10.1 Å². The highest BCUT2D eigenvalue weighted by molar-refractivity contribution is 6.06. The van der Waals surface area contributed by atoms with Crippen LogP contribution in [0.25, 0.3) is 0 Å². The van der Waals surface area contributed by atoms with Crippen molar-refractivity contribution >= 4 is 23.5 Å². The van der Waals surface area contributed by atoms with Gasteiger partial charge in [0.05, 0.1) is 32.0 Å². The summed E-state index contributed by atoms with van der Waals surface area (Å²) < 4.78 is 14.8. The molecule has 2 aromatic rings. The smallest absolute Gasteiger partial charge is 0.337 e. The number of aryl methyl sites for hydroxylation is 1. The minimum absolute atomic E-state index is 0.124. The Labute approximate surface area is 157 Å². The molecule has 2 rings (SSSR count). The average Bonchev–Trinajstić information content (AvgIpc) is 2.67. The van der Waals surface area contributed by atoms with Gasteiger partial charge in [0, 0.05) is 11.3 Å². The fourth-order valence-corrected chi connectivity index (χ4v) is 2.48. The van der Waals surface area contributed by atoms with E-state index in [4.69, 9.17) is 4.74 Å². The first-order valence-corrected chi connectivity index (χ1v) is 8.26. The molecule has 7 nitrogen and oxygen atoms in total. The molecule has 0 saturated carbocycles. The molecule has 27 heavy (non-hydrogen) atoms. The maximum atomic E-state index is 12.6. The topological polar surface area (TPSA) is 90.9 Å². The fourth-order valence-electron chi connectivity index (χ4n) is 2.48. The summed E-state index contributed by atoms with van der Waals surface area (Å²) in [7, 11) is 2.46. The molecule has 0 aromatic heterocycles. The first-order chi connectivity index (χ1) is 12.9. The number of nitrogens with one attached hydrogen (secondary N) is 1. The van der Waals surface area contributed by atoms with Gasteiger partial charge >= 0.3 is 11.9 Å². The summed E-state index contributed by atoms with van der Waals surface area (Å²) in [6.07, 6.45) is 0. The van der Waals surface area contributed by atoms with Crippen LogP contribution in [0, 0.1) is 6.92 Å². The Bertz CT molecular complexity index is 841. The quantitative estimate of drug-likeness (QED) is 0.784. The molecule has 0 atom stereocenters. The Morgan fingerprint density at radius 2 is 1.48 bits per heavy atom. The van der Waals surface area contributed by atoms with Crippen LogP contribution in [0.15, 0.2) is 36.4 Å². The van der Waals surface area contributed by atoms with E-state index >= 15 is 0 Å². The van der Waals surface area contributed by atoms with Gasteiger partial charge in [-0.1, -0.05) is 0 Å². The Morgan fingerprint density at radius 3 is 1.96 bits per heavy atom. The normalized spacial score (nSPS) is 10.1. The number of rotatable bonds is 6. The third-order valence-corrected chi connectivity index (χ3v) is 3.77. The zero-order valence-corrected chi connectivity index (χ0v) is 15.6. The second kappa shape index (κ2) is 8.84. The predicted octanol–water partition coefficient (Wildman–Crippen LogP) is 3.22. The maximum Gasteiger partial charge on any atom is 0.337 e. The van der Waals surface area contributed by atoms with Crippen LogP contribution in [0.5, 0.6) is 5.75 Å². The molecule has 0 aliphatic carbocycles. The molecule has 1 amide bonds. The molecule has 0 radical (unpaired) electrons. The highest BCUT2D eigenvalue weighted by atomic mass is 16.5. The van der Waals surface area contributed by atoms with E-state index in [-0.39, 0.29) is 22.7 Å². The zero-order chi connectivity index (χ0) is 20.0. The van der Waals surface area contributed by atoms with Crippen molar-refractivity contribution < 1.29 is 28.6 Å². The number of hydrogen-bond acceptors (Lipinski definition) is 6. The van der Waals surface area contributed by atoms with Crippen LogP contribution in [0.4, 0.5) is 5.69 Å². The van der Waals surface area contributed by atoms with Gasteiger partial charge in [-0.25, -0.2) is 9.59 Å². The maximum absolute atomic E-state index is 12.6. The van der Waals surface area contributed by atoms with E-state index in [9.17, 15) is 14.4 Å². The SMILES string of the molecule is CCOc1ccc(C(=O)Nc2cc(C(=O)OC)cc(C(=O)OC)c2)cc1C. The second-order valence-corrected chi connectivity index (χ2v) is 5.65. The average molecular weight is 371 g/mol. The van der Waals surface area contributed by atoms with Gasteiger partial charge in [-0.15, -0.1) is 0 Å². The van der Waals surface area contributed by atoms with E-state index in [0.29, 0.717) is 17.9 Å². The summed E-state index contributed by atoms with van der Waals surface area (Å²) in [6, 6.07) is 9.26. The van der Waals surface area contributed by atoms with E-state index in [1.165, 1.54) is 32.4 Å². The van der Waals surface area contributed by atoms with Crippen molar-refractivity contribution in [2.75, 3.05) is 26.1 Å². The molecule has 2 aromatic carbocycles. The molecule has 0 heterocycles. The van der Waals surface area contributed by atoms with Crippen molar-refractivity contribution in [1.82, 2.24) is 0 Å². The lowest BCUT2D eigenvalue weighted by Crippen LogP contribution is -2.14. The van der Waals surface area contributed by atoms with Crippen LogP contribution in [0.3, 0.4) is 0 Å². The second-order valence-electron chi connectivity index (χ2n) is 5.65. The molecule has 0 fully saturated rings. The largest absolute Gasteiger partial charge is 0.494 e. The number of anilines is 1. The molecule has 7 heteroatoms. The van der Waals surface area contributed by atoms with E-state index in [0.717, 1.165) is 5.56 Å². The first-order valence-electron chi connectivity index (χ1n) is 8.26. The van der Waals surface area contributed by atoms with Crippen molar-refractivity contribution in [3.05, 3.63) is 58.7 Å². The summed E-state index contributed by atoms with van der Waals surface area (Å²) in [5, 5.41) is 2.68. The third kappa shape index (κ3) is 4.84. The zero-order valence-electron chi connectivity index (χ0n) is 15.6. The fraction of sp³-hybridized carbons (Fsp3) is 0.250. The summed E-state index contributed by atoms with van der Waals surface area (Å²) >= 11 is 0. The van der Waals surface area contributed by atoms with Crippen molar-refractivity contribution in [3.8, 4) is 5.75 Å². The van der Waals surface area contributed by atoms with Gasteiger partial charge in [0.1, 0.15) is 5.75 Å². The van der Waals surface area contributed by atoms with Crippen molar-refractivity contribution in [2.24, 2.45) is 0 Å². The van der Waals surface area contributed by atoms with Crippen molar-refractivity contribution in [3.63, 3.8) is 0 Å². The number of carbonyl (C=O) groups is 3. The molecule has 0 unspecified atom stereocenters. The van der Waals surface area contributed by atoms with Gasteiger partial charge in [0.15, 0.2) is 0 Å². The minimum atomic E-state index is -0.631. The highest BCUT2D eigenvalue weighted by Gasteiger charge is 2.16. The number of hydrogen-bond donors (Lipinski definition) is 1. The minimum Gasteiger partial charge on any atom is -0.494 e. The third-order valence-electron chi connectivity index (χ3n) is 3.77. The number of carbonyl (C=O) groups excluding carboxylic acids is 3. The summed E-state index contributed by atoms with van der Waals surface area (Å²) in [5.41, 5.74) is 1.76. The van der Waals surface area contributed by atoms with E-state index in [2.05, 4.69) is 14.8 Å². The van der Waals surface area contributed by atoms with Crippen LogP contribution in [-0.4, -0.2) is 38.7 Å². The van der Waals surface area contributed by atoms with E-state index in [1.54, 1.807) is 18.2 Å². The Morgan fingerprint density at radius 1 is 0.889 bits per heavy atom. The van der Waals surface area contributed by atoms with Gasteiger partial charge in [-0.3, -0.25) is 4.79 Å². The lowest BCUT2D eigenvalue weighted by atomic mass is 10.1. The molecule has 0 saturated heterocycles. The van der Waals surface area contributed by atoms with E-state index in [1.807, 2.05) is 13.8 Å². The number of amides is 1. The van der Waals surface area contributed by atoms with Crippen LogP contribution in [0.2, 0.25) is 0 Å². The van der Waals surface area contributed by atoms with Crippen molar-refractivity contribution in [2.45, 2.75) is 13.8 Å². The highest BCUT2D eigenvalue weighted by Crippen LogP contribution is 2.21. The molecular weight excluding hydrogens is 350 g/mol. The van der Waals surface area contributed by atoms with Gasteiger partial charge < -0.3 is 19.5 Å². The number of esters is 2. The van der Waals surface area contributed by atoms with Gasteiger partial charge in [0.25, 0.3) is 5.91 Å². The molecule has 0 aliphatic heterocycles. The molecular formula is C20H21NO6. The van der Waals surface area contributed by atoms with Gasteiger partial charge in [-0.05, 0) is 55.8 Å². The van der Waals surface area contributed by atoms with Gasteiger partial charge in [0.2, 0.25) is 0 Å². The van der Waals surface area contributed by atoms with Gasteiger partial charge in [-0.2, -0.15) is 0 Å². The molecule has 0 bridgehead atoms. The van der Waals surface area contributed by atoms with Crippen LogP contribution in [0.1, 0.15) is 43.6 Å². The number of ether oxygens (including phenoxy) is 3. The Kier molecular flexibility index (Phi) is 6.54. The first kappa shape index (κ1) is 20.0.